The molecule has 0 aromatic heterocycles. The molecule has 0 bridgehead atoms. The quantitative estimate of drug-likeness (QED) is 0.252. The third-order valence-electron chi connectivity index (χ3n) is 5.33. The Bertz CT molecular complexity index is 961. The first-order chi connectivity index (χ1) is 16.2. The van der Waals surface area contributed by atoms with Crippen molar-refractivity contribution in [1.29, 1.82) is 0 Å². The van der Waals surface area contributed by atoms with Gasteiger partial charge in [-0.15, -0.1) is 0 Å². The van der Waals surface area contributed by atoms with Gasteiger partial charge in [0.15, 0.2) is 0 Å². The average molecular weight is 471 g/mol. The fraction of sp³-hybridized carbons (Fsp3) is 0.407. The van der Waals surface area contributed by atoms with Crippen LogP contribution in [0.4, 0.5) is 0 Å². The molecular weight excluding hydrogens is 436 g/mol. The summed E-state index contributed by atoms with van der Waals surface area (Å²) < 4.78 is 16.9. The van der Waals surface area contributed by atoms with Crippen LogP contribution in [0.1, 0.15) is 57.1 Å². The number of hydrogen-bond acceptors (Lipinski definition) is 5. The monoisotopic (exact) mass is 470 g/mol. The topological polar surface area (TPSA) is 102 Å². The van der Waals surface area contributed by atoms with Gasteiger partial charge in [0.05, 0.1) is 25.7 Å². The summed E-state index contributed by atoms with van der Waals surface area (Å²) in [5.74, 6) is 0.495. The molecule has 0 aliphatic heterocycles. The van der Waals surface area contributed by atoms with Gasteiger partial charge in [-0.25, -0.2) is 0 Å². The Morgan fingerprint density at radius 2 is 1.44 bits per heavy atom. The van der Waals surface area contributed by atoms with Crippen LogP contribution in [-0.4, -0.2) is 42.5 Å². The summed E-state index contributed by atoms with van der Waals surface area (Å²) in [6.45, 7) is 4.35. The number of aliphatic carboxylic acids is 2. The van der Waals surface area contributed by atoms with Crippen LogP contribution in [0, 0.1) is 5.41 Å². The van der Waals surface area contributed by atoms with Gasteiger partial charge in [-0.3, -0.25) is 9.59 Å². The number of rotatable bonds is 15. The Morgan fingerprint density at radius 1 is 0.824 bits per heavy atom. The van der Waals surface area contributed by atoms with Gasteiger partial charge in [-0.05, 0) is 74.9 Å². The van der Waals surface area contributed by atoms with Crippen LogP contribution in [0.15, 0.2) is 42.5 Å². The summed E-state index contributed by atoms with van der Waals surface area (Å²) in [7, 11) is 1.60. The lowest BCUT2D eigenvalue weighted by Crippen LogP contribution is -2.24. The van der Waals surface area contributed by atoms with Crippen molar-refractivity contribution >= 4 is 24.1 Å². The average Bonchev–Trinajstić information content (AvgIpc) is 2.80. The summed E-state index contributed by atoms with van der Waals surface area (Å²) in [6, 6.07) is 13.3. The van der Waals surface area contributed by atoms with Gasteiger partial charge >= 0.3 is 11.9 Å². The lowest BCUT2D eigenvalue weighted by atomic mass is 9.88. The number of methoxy groups -OCH3 is 1. The molecular formula is C27H34O7. The van der Waals surface area contributed by atoms with Crippen molar-refractivity contribution in [3.63, 3.8) is 0 Å². The van der Waals surface area contributed by atoms with Gasteiger partial charge in [-0.1, -0.05) is 24.3 Å². The van der Waals surface area contributed by atoms with Crippen LogP contribution in [0.5, 0.6) is 17.2 Å². The normalized spacial score (nSPS) is 11.4. The number of carboxylic acids is 2. The van der Waals surface area contributed by atoms with Crippen LogP contribution >= 0.6 is 0 Å². The van der Waals surface area contributed by atoms with Crippen molar-refractivity contribution in [2.75, 3.05) is 20.3 Å². The Balaban J connectivity index is 1.89. The van der Waals surface area contributed by atoms with Gasteiger partial charge in [0.1, 0.15) is 17.2 Å². The van der Waals surface area contributed by atoms with Crippen molar-refractivity contribution in [3.05, 3.63) is 53.6 Å². The molecule has 2 rings (SSSR count). The van der Waals surface area contributed by atoms with Gasteiger partial charge in [-0.2, -0.15) is 0 Å². The number of ether oxygens (including phenoxy) is 3. The maximum Gasteiger partial charge on any atom is 0.309 e. The standard InChI is InChI=1S/C27H34O7/c1-27(2,26(30)31)14-6-16-33-22-12-10-20(11-13-22)8-9-21-17-23(32-3)19-24(18-21)34-15-5-4-7-25(28)29/h8-13,17-19H,4-7,14-16H2,1-3H3,(H,28,29)(H,30,31)/b9-8+. The maximum absolute atomic E-state index is 11.2. The van der Waals surface area contributed by atoms with E-state index in [-0.39, 0.29) is 6.42 Å². The highest BCUT2D eigenvalue weighted by Gasteiger charge is 2.26. The fourth-order valence-corrected chi connectivity index (χ4v) is 3.14. The van der Waals surface area contributed by atoms with Crippen molar-refractivity contribution in [1.82, 2.24) is 0 Å². The van der Waals surface area contributed by atoms with Crippen LogP contribution in [0.3, 0.4) is 0 Å². The Kier molecular flexibility index (Phi) is 10.5. The summed E-state index contributed by atoms with van der Waals surface area (Å²) in [6.07, 6.45) is 6.54. The molecule has 0 heterocycles. The molecule has 184 valence electrons. The van der Waals surface area contributed by atoms with Gasteiger partial charge in [0.2, 0.25) is 0 Å². The minimum atomic E-state index is -0.798. The molecule has 34 heavy (non-hydrogen) atoms. The first-order valence-electron chi connectivity index (χ1n) is 11.4. The van der Waals surface area contributed by atoms with E-state index in [0.29, 0.717) is 50.4 Å². The van der Waals surface area contributed by atoms with Crippen molar-refractivity contribution in [3.8, 4) is 17.2 Å². The molecule has 0 aliphatic rings. The molecule has 2 aromatic rings. The second-order valence-electron chi connectivity index (χ2n) is 8.68. The van der Waals surface area contributed by atoms with E-state index >= 15 is 0 Å². The first kappa shape index (κ1) is 26.8. The molecule has 0 amide bonds. The number of unbranched alkanes of at least 4 members (excludes halogenated alkanes) is 1. The van der Waals surface area contributed by atoms with E-state index in [2.05, 4.69) is 0 Å². The number of benzene rings is 2. The van der Waals surface area contributed by atoms with E-state index in [0.717, 1.165) is 16.9 Å². The smallest absolute Gasteiger partial charge is 0.309 e. The highest BCUT2D eigenvalue weighted by Crippen LogP contribution is 2.25. The Hall–Kier alpha value is -3.48. The second kappa shape index (κ2) is 13.3. The van der Waals surface area contributed by atoms with Crippen molar-refractivity contribution in [2.24, 2.45) is 5.41 Å². The largest absolute Gasteiger partial charge is 0.497 e. The summed E-state index contributed by atoms with van der Waals surface area (Å²) in [5, 5.41) is 17.9. The van der Waals surface area contributed by atoms with Crippen LogP contribution < -0.4 is 14.2 Å². The van der Waals surface area contributed by atoms with E-state index in [1.807, 2.05) is 48.6 Å². The third kappa shape index (κ3) is 9.57. The van der Waals surface area contributed by atoms with E-state index < -0.39 is 17.4 Å². The molecule has 7 nitrogen and oxygen atoms in total. The lowest BCUT2D eigenvalue weighted by Gasteiger charge is -2.18. The number of hydrogen-bond donors (Lipinski definition) is 2. The first-order valence-corrected chi connectivity index (χ1v) is 11.4. The lowest BCUT2D eigenvalue weighted by molar-refractivity contribution is -0.147. The molecule has 7 heteroatoms. The highest BCUT2D eigenvalue weighted by atomic mass is 16.5. The van der Waals surface area contributed by atoms with Gasteiger partial charge in [0.25, 0.3) is 0 Å². The minimum absolute atomic E-state index is 0.141. The summed E-state index contributed by atoms with van der Waals surface area (Å²) in [4.78, 5) is 21.7. The summed E-state index contributed by atoms with van der Waals surface area (Å²) in [5.41, 5.74) is 1.17. The molecule has 0 fully saturated rings. The summed E-state index contributed by atoms with van der Waals surface area (Å²) >= 11 is 0. The second-order valence-corrected chi connectivity index (χ2v) is 8.68. The molecule has 0 unspecified atom stereocenters. The van der Waals surface area contributed by atoms with Crippen molar-refractivity contribution in [2.45, 2.75) is 46.0 Å². The van der Waals surface area contributed by atoms with E-state index in [4.69, 9.17) is 24.4 Å². The number of carboxylic acid groups (broad SMARTS) is 2. The molecule has 2 N–H and O–H groups in total. The van der Waals surface area contributed by atoms with E-state index in [9.17, 15) is 9.59 Å². The zero-order valence-electron chi connectivity index (χ0n) is 20.1. The number of carbonyl (C=O) groups is 2. The molecule has 0 aliphatic carbocycles. The molecule has 0 saturated carbocycles. The van der Waals surface area contributed by atoms with Gasteiger partial charge < -0.3 is 24.4 Å². The maximum atomic E-state index is 11.2. The van der Waals surface area contributed by atoms with Crippen LogP contribution in [0.2, 0.25) is 0 Å². The molecule has 0 atom stereocenters. The van der Waals surface area contributed by atoms with E-state index in [1.165, 1.54) is 0 Å². The SMILES string of the molecule is COc1cc(/C=C/c2ccc(OCCCC(C)(C)C(=O)O)cc2)cc(OCCCCC(=O)O)c1. The fourth-order valence-electron chi connectivity index (χ4n) is 3.14. The van der Waals surface area contributed by atoms with Crippen LogP contribution in [0.25, 0.3) is 12.2 Å². The highest BCUT2D eigenvalue weighted by molar-refractivity contribution is 5.73. The molecule has 0 saturated heterocycles. The zero-order valence-corrected chi connectivity index (χ0v) is 20.1. The predicted molar refractivity (Wildman–Crippen MR) is 131 cm³/mol. The predicted octanol–water partition coefficient (Wildman–Crippen LogP) is 5.77. The zero-order chi connectivity index (χ0) is 25.0. The van der Waals surface area contributed by atoms with Crippen LogP contribution in [-0.2, 0) is 9.59 Å². The molecule has 2 aromatic carbocycles. The minimum Gasteiger partial charge on any atom is -0.497 e. The Labute approximate surface area is 201 Å². The van der Waals surface area contributed by atoms with Gasteiger partial charge in [0, 0.05) is 12.5 Å². The third-order valence-corrected chi connectivity index (χ3v) is 5.33. The van der Waals surface area contributed by atoms with Crippen molar-refractivity contribution < 1.29 is 34.0 Å². The molecule has 0 radical (unpaired) electrons. The van der Waals surface area contributed by atoms with E-state index in [1.54, 1.807) is 27.0 Å². The molecule has 0 spiro atoms. The Morgan fingerprint density at radius 3 is 2.09 bits per heavy atom.